The maximum Gasteiger partial charge on any atom is 3.00 e. The molecule has 0 bridgehead atoms. The van der Waals surface area contributed by atoms with Crippen molar-refractivity contribution in [2.75, 3.05) is 0 Å². The van der Waals surface area contributed by atoms with Crippen LogP contribution in [-0.2, 0) is 4.46 Å². The van der Waals surface area contributed by atoms with Gasteiger partial charge in [0.15, 0.2) is 0 Å². The molecule has 0 N–H and O–H groups in total. The molecular weight excluding hydrogens is 142 g/mol. The zero-order valence-electron chi connectivity index (χ0n) is 3.30. The van der Waals surface area contributed by atoms with Crippen molar-refractivity contribution in [1.82, 2.24) is 0 Å². The van der Waals surface area contributed by atoms with Crippen molar-refractivity contribution in [3.8, 4) is 0 Å². The summed E-state index contributed by atoms with van der Waals surface area (Å²) in [4.78, 5) is 17.0. The van der Waals surface area contributed by atoms with E-state index in [4.69, 9.17) is 14.1 Å². The second kappa shape index (κ2) is 9.92. The van der Waals surface area contributed by atoms with Crippen LogP contribution in [0.15, 0.2) is 0 Å². The Morgan fingerprint density at radius 1 is 1.33 bits per heavy atom. The monoisotopic (exact) mass is 142 g/mol. The number of hydrogen-bond acceptors (Lipinski definition) is 3. The molecule has 0 rings (SSSR count). The van der Waals surface area contributed by atoms with Gasteiger partial charge in [0.2, 0.25) is 0 Å². The Labute approximate surface area is 90.2 Å². The first-order valence-electron chi connectivity index (χ1n) is 0.612. The maximum absolute atomic E-state index is 8.52. The molecule has 0 aromatic rings. The quantitative estimate of drug-likeness (QED) is 0.316. The van der Waals surface area contributed by atoms with E-state index >= 15 is 0 Å². The van der Waals surface area contributed by atoms with E-state index in [2.05, 4.69) is 0 Å². The minimum Gasteiger partial charge on any atom is -0.672 e. The zero-order chi connectivity index (χ0) is 3.58. The molecule has 0 aromatic heterocycles. The molecule has 0 unspecified atom stereocenters. The summed E-state index contributed by atoms with van der Waals surface area (Å²) in [6, 6.07) is 0. The van der Waals surface area contributed by atoms with E-state index in [-0.39, 0.29) is 68.7 Å². The zero-order valence-corrected chi connectivity index (χ0v) is 8.58. The second-order valence-corrected chi connectivity index (χ2v) is 0.750. The van der Waals surface area contributed by atoms with Gasteiger partial charge in [0, 0.05) is 9.17 Å². The van der Waals surface area contributed by atoms with Crippen molar-refractivity contribution in [3.05, 3.63) is 0 Å². The molecule has 0 spiro atoms. The molecule has 3 nitrogen and oxygen atoms in total. The summed E-state index contributed by atoms with van der Waals surface area (Å²) < 4.78 is 8.52. The summed E-state index contributed by atoms with van der Waals surface area (Å²) >= 11 is 0. The van der Waals surface area contributed by atoms with Crippen LogP contribution in [-0.4, -0.2) is 26.5 Å². The van der Waals surface area contributed by atoms with Gasteiger partial charge in [0.1, 0.15) is 0 Å². The first-order chi connectivity index (χ1) is 1.73. The Kier molecular flexibility index (Phi) is 25.9. The van der Waals surface area contributed by atoms with Crippen LogP contribution in [0.3, 0.4) is 0 Å². The van der Waals surface area contributed by atoms with Crippen LogP contribution in [0, 0.1) is 0 Å². The van der Waals surface area contributed by atoms with E-state index in [0.29, 0.717) is 0 Å². The van der Waals surface area contributed by atoms with Crippen LogP contribution in [0.5, 0.6) is 0 Å². The van der Waals surface area contributed by atoms with Gasteiger partial charge in [-0.3, -0.25) is 0 Å². The summed E-state index contributed by atoms with van der Waals surface area (Å²) in [6.45, 7) is 0. The van der Waals surface area contributed by atoms with Gasteiger partial charge in [-0.2, -0.15) is 0 Å². The SMILES string of the molecule is O=[Si]([O-])[O-].[Al+3].[K+]. The Hall–Kier alpha value is 1.79. The molecule has 0 saturated heterocycles. The van der Waals surface area contributed by atoms with Crippen molar-refractivity contribution >= 4 is 26.5 Å². The molecule has 0 radical (unpaired) electrons. The van der Waals surface area contributed by atoms with Crippen LogP contribution in [0.25, 0.3) is 0 Å². The summed E-state index contributed by atoms with van der Waals surface area (Å²) in [6.07, 6.45) is 0. The average Bonchev–Trinajstić information content (AvgIpc) is 0.811. The van der Waals surface area contributed by atoms with Crippen LogP contribution in [0.1, 0.15) is 0 Å². The largest absolute Gasteiger partial charge is 3.00 e. The third-order valence-electron chi connectivity index (χ3n) is 0. The van der Waals surface area contributed by atoms with Crippen LogP contribution >= 0.6 is 0 Å². The minimum atomic E-state index is -3.63. The van der Waals surface area contributed by atoms with Gasteiger partial charge in [-0.15, -0.1) is 0 Å². The summed E-state index contributed by atoms with van der Waals surface area (Å²) in [5.74, 6) is 0. The Balaban J connectivity index is -0.0000000450. The van der Waals surface area contributed by atoms with Crippen LogP contribution in [0.2, 0.25) is 0 Å². The van der Waals surface area contributed by atoms with Crippen molar-refractivity contribution in [3.63, 3.8) is 0 Å². The third-order valence-corrected chi connectivity index (χ3v) is 0. The molecule has 0 aliphatic carbocycles. The van der Waals surface area contributed by atoms with Crippen LogP contribution in [0.4, 0.5) is 0 Å². The smallest absolute Gasteiger partial charge is 0.672 e. The first kappa shape index (κ1) is 15.7. The Morgan fingerprint density at radius 2 is 1.33 bits per heavy atom. The summed E-state index contributed by atoms with van der Waals surface area (Å²) in [5.41, 5.74) is 0. The maximum atomic E-state index is 8.52. The molecule has 0 fully saturated rings. The third kappa shape index (κ3) is 41.6. The molecule has 0 saturated carbocycles. The molecule has 0 aliphatic heterocycles. The predicted octanol–water partition coefficient (Wildman–Crippen LogP) is -6.25. The molecule has 0 aromatic carbocycles. The van der Waals surface area contributed by atoms with E-state index in [1.165, 1.54) is 0 Å². The number of hydrogen-bond donors (Lipinski definition) is 0. The predicted molar refractivity (Wildman–Crippen MR) is 12.2 cm³/mol. The fraction of sp³-hybridized carbons (Fsp3) is 0. The molecule has 6 heteroatoms. The molecule has 6 heavy (non-hydrogen) atoms. The molecule has 0 aliphatic rings. The molecular formula is AlKO3Si+2. The Morgan fingerprint density at radius 3 is 1.33 bits per heavy atom. The van der Waals surface area contributed by atoms with E-state index in [1.807, 2.05) is 0 Å². The van der Waals surface area contributed by atoms with Gasteiger partial charge in [-0.05, 0) is 0 Å². The summed E-state index contributed by atoms with van der Waals surface area (Å²) in [5, 5.41) is 0. The van der Waals surface area contributed by atoms with Crippen molar-refractivity contribution in [1.29, 1.82) is 0 Å². The van der Waals surface area contributed by atoms with Crippen molar-refractivity contribution < 1.29 is 65.4 Å². The topological polar surface area (TPSA) is 63.2 Å². The van der Waals surface area contributed by atoms with Gasteiger partial charge >= 0.3 is 68.7 Å². The van der Waals surface area contributed by atoms with E-state index in [9.17, 15) is 0 Å². The molecule has 0 heterocycles. The van der Waals surface area contributed by atoms with E-state index in [0.717, 1.165) is 0 Å². The average molecular weight is 142 g/mol. The van der Waals surface area contributed by atoms with Gasteiger partial charge in [0.25, 0.3) is 0 Å². The molecule has 24 valence electrons. The van der Waals surface area contributed by atoms with E-state index < -0.39 is 9.17 Å². The van der Waals surface area contributed by atoms with E-state index in [1.54, 1.807) is 0 Å². The van der Waals surface area contributed by atoms with Crippen molar-refractivity contribution in [2.24, 2.45) is 0 Å². The standard InChI is InChI=1S/Al.K.O3Si/c;;1-4(2)3/q+3;+1;-2. The minimum absolute atomic E-state index is 0. The van der Waals surface area contributed by atoms with Gasteiger partial charge in [-0.25, -0.2) is 0 Å². The van der Waals surface area contributed by atoms with Gasteiger partial charge < -0.3 is 14.1 Å². The fourth-order valence-corrected chi connectivity index (χ4v) is 0. The van der Waals surface area contributed by atoms with Gasteiger partial charge in [-0.1, -0.05) is 0 Å². The molecule has 0 amide bonds. The van der Waals surface area contributed by atoms with Gasteiger partial charge in [0.05, 0.1) is 0 Å². The van der Waals surface area contributed by atoms with Crippen molar-refractivity contribution in [2.45, 2.75) is 0 Å². The molecule has 0 atom stereocenters. The number of rotatable bonds is 0. The van der Waals surface area contributed by atoms with Crippen LogP contribution < -0.4 is 61.0 Å². The summed E-state index contributed by atoms with van der Waals surface area (Å²) in [7, 11) is -3.63. The fourth-order valence-electron chi connectivity index (χ4n) is 0. The second-order valence-electron chi connectivity index (χ2n) is 0.250. The Bertz CT molecular complexity index is 33.8. The normalized spacial score (nSPS) is 4.00. The first-order valence-corrected chi connectivity index (χ1v) is 1.84.